The summed E-state index contributed by atoms with van der Waals surface area (Å²) in [5.41, 5.74) is 12.3. The third kappa shape index (κ3) is 4.70. The summed E-state index contributed by atoms with van der Waals surface area (Å²) in [7, 11) is 4.18. The summed E-state index contributed by atoms with van der Waals surface area (Å²) in [4.78, 5) is 29.6. The molecule has 0 saturated carbocycles. The topological polar surface area (TPSA) is 131 Å². The Morgan fingerprint density at radius 3 is 2.94 bits per heavy atom. The molecule has 1 aromatic heterocycles. The fourth-order valence-electron chi connectivity index (χ4n) is 5.04. The molecule has 2 aromatic rings. The number of aromatic nitrogens is 1. The second-order valence-electron chi connectivity index (χ2n) is 9.04. The molecule has 0 unspecified atom stereocenters. The maximum absolute atomic E-state index is 13.1. The minimum atomic E-state index is -0.743. The SMILES string of the molecule is C[C@H](CCCN=C(N)N[N+](=O)[O-])NC(=O)[C@@H]1C=C2c3cccc4c3c(cn4C)C[C@H]2N(C)C1. The highest BCUT2D eigenvalue weighted by Crippen LogP contribution is 2.41. The number of rotatable bonds is 7. The standard InChI is InChI=1S/C23H31N7O3/c1-14(6-5-9-25-23(24)27-30(32)33)26-22(31)16-10-18-17-7-4-8-19-21(17)15(12-28(19)2)11-20(18)29(3)13-16/h4,7-8,10,12,14,16,20H,5-6,9,11,13H2,1-3H3,(H,26,31)(H3,24,25,27)/t14-,16-,20-/m1/s1. The molecule has 33 heavy (non-hydrogen) atoms. The van der Waals surface area contributed by atoms with Gasteiger partial charge in [-0.3, -0.25) is 9.69 Å². The van der Waals surface area contributed by atoms with Gasteiger partial charge >= 0.3 is 0 Å². The average Bonchev–Trinajstić information content (AvgIpc) is 3.08. The highest BCUT2D eigenvalue weighted by atomic mass is 16.7. The quantitative estimate of drug-likeness (QED) is 0.191. The number of guanidine groups is 1. The van der Waals surface area contributed by atoms with E-state index in [-0.39, 0.29) is 29.9 Å². The Labute approximate surface area is 192 Å². The molecule has 2 aliphatic rings. The van der Waals surface area contributed by atoms with E-state index >= 15 is 0 Å². The fraction of sp³-hybridized carbons (Fsp3) is 0.478. The monoisotopic (exact) mass is 453 g/mol. The van der Waals surface area contributed by atoms with Gasteiger partial charge in [-0.25, -0.2) is 15.1 Å². The first-order valence-electron chi connectivity index (χ1n) is 11.2. The molecule has 0 bridgehead atoms. The molecule has 2 heterocycles. The summed E-state index contributed by atoms with van der Waals surface area (Å²) < 4.78 is 2.18. The van der Waals surface area contributed by atoms with Crippen molar-refractivity contribution in [1.29, 1.82) is 0 Å². The van der Waals surface area contributed by atoms with Crippen LogP contribution in [-0.4, -0.2) is 58.6 Å². The van der Waals surface area contributed by atoms with Crippen LogP contribution in [-0.2, 0) is 18.3 Å². The number of nitro groups is 1. The number of hydrogen-bond acceptors (Lipinski definition) is 5. The van der Waals surface area contributed by atoms with Crippen molar-refractivity contribution in [2.45, 2.75) is 38.3 Å². The number of benzene rings is 1. The second-order valence-corrected chi connectivity index (χ2v) is 9.04. The lowest BCUT2D eigenvalue weighted by molar-refractivity contribution is -0.525. The first-order valence-corrected chi connectivity index (χ1v) is 11.2. The Bertz CT molecular complexity index is 1140. The third-order valence-corrected chi connectivity index (χ3v) is 6.58. The van der Waals surface area contributed by atoms with Crippen molar-refractivity contribution in [3.8, 4) is 0 Å². The van der Waals surface area contributed by atoms with Crippen LogP contribution in [0.3, 0.4) is 0 Å². The van der Waals surface area contributed by atoms with Crippen LogP contribution in [0.5, 0.6) is 0 Å². The van der Waals surface area contributed by atoms with Gasteiger partial charge in [-0.05, 0) is 56.0 Å². The van der Waals surface area contributed by atoms with Gasteiger partial charge in [0, 0.05) is 49.3 Å². The Morgan fingerprint density at radius 2 is 2.18 bits per heavy atom. The Balaban J connectivity index is 1.42. The number of amides is 1. The van der Waals surface area contributed by atoms with Gasteiger partial charge in [-0.1, -0.05) is 23.6 Å². The van der Waals surface area contributed by atoms with Gasteiger partial charge in [0.15, 0.2) is 5.03 Å². The molecule has 1 aliphatic carbocycles. The van der Waals surface area contributed by atoms with E-state index in [1.54, 1.807) is 0 Å². The Hall–Kier alpha value is -3.40. The molecular weight excluding hydrogens is 422 g/mol. The number of hydrazine groups is 1. The first-order chi connectivity index (χ1) is 15.7. The van der Waals surface area contributed by atoms with Crippen LogP contribution in [0.2, 0.25) is 0 Å². The number of carbonyl (C=O) groups is 1. The molecule has 10 heteroatoms. The molecular formula is C23H31N7O3. The fourth-order valence-corrected chi connectivity index (χ4v) is 5.04. The number of nitrogens with one attached hydrogen (secondary N) is 2. The van der Waals surface area contributed by atoms with Gasteiger partial charge in [0.2, 0.25) is 5.91 Å². The van der Waals surface area contributed by atoms with Gasteiger partial charge in [0.05, 0.1) is 5.92 Å². The van der Waals surface area contributed by atoms with E-state index in [1.807, 2.05) is 12.3 Å². The smallest absolute Gasteiger partial charge is 0.251 e. The minimum absolute atomic E-state index is 0.0179. The van der Waals surface area contributed by atoms with Gasteiger partial charge in [-0.2, -0.15) is 0 Å². The predicted octanol–water partition coefficient (Wildman–Crippen LogP) is 1.43. The number of aliphatic imine (C=N–C) groups is 1. The van der Waals surface area contributed by atoms with Crippen molar-refractivity contribution in [1.82, 2.24) is 20.2 Å². The third-order valence-electron chi connectivity index (χ3n) is 6.58. The minimum Gasteiger partial charge on any atom is -0.365 e. The summed E-state index contributed by atoms with van der Waals surface area (Å²) >= 11 is 0. The molecule has 176 valence electrons. The number of nitrogens with two attached hydrogens (primary N) is 1. The first kappa shape index (κ1) is 22.8. The molecule has 1 amide bonds. The van der Waals surface area contributed by atoms with Crippen molar-refractivity contribution in [3.05, 3.63) is 51.7 Å². The van der Waals surface area contributed by atoms with E-state index in [1.165, 1.54) is 27.6 Å². The van der Waals surface area contributed by atoms with Gasteiger partial charge < -0.3 is 15.6 Å². The molecule has 10 nitrogen and oxygen atoms in total. The number of carbonyl (C=O) groups excluding carboxylic acids is 1. The summed E-state index contributed by atoms with van der Waals surface area (Å²) in [6.07, 6.45) is 6.70. The summed E-state index contributed by atoms with van der Waals surface area (Å²) in [6, 6.07) is 6.65. The van der Waals surface area contributed by atoms with Gasteiger partial charge in [-0.15, -0.1) is 0 Å². The molecule has 4 N–H and O–H groups in total. The molecule has 0 radical (unpaired) electrons. The highest BCUT2D eigenvalue weighted by molar-refractivity contribution is 5.99. The number of aryl methyl sites for hydroxylation is 1. The van der Waals surface area contributed by atoms with Gasteiger partial charge in [0.1, 0.15) is 0 Å². The van der Waals surface area contributed by atoms with Crippen molar-refractivity contribution in [2.75, 3.05) is 20.1 Å². The number of nitrogens with zero attached hydrogens (tertiary/aromatic N) is 4. The van der Waals surface area contributed by atoms with E-state index < -0.39 is 5.03 Å². The Morgan fingerprint density at radius 1 is 1.39 bits per heavy atom. The highest BCUT2D eigenvalue weighted by Gasteiger charge is 2.36. The van der Waals surface area contributed by atoms with Crippen LogP contribution in [0.1, 0.15) is 30.9 Å². The molecule has 0 spiro atoms. The maximum atomic E-state index is 13.1. The van der Waals surface area contributed by atoms with Crippen LogP contribution < -0.4 is 16.5 Å². The molecule has 1 aliphatic heterocycles. The maximum Gasteiger partial charge on any atom is 0.251 e. The van der Waals surface area contributed by atoms with Crippen LogP contribution in [0.15, 0.2) is 35.5 Å². The largest absolute Gasteiger partial charge is 0.365 e. The number of likely N-dealkylation sites (N-methyl/N-ethyl adjacent to an activating group) is 1. The van der Waals surface area contributed by atoms with Crippen molar-refractivity contribution in [2.24, 2.45) is 23.7 Å². The molecule has 1 aromatic carbocycles. The van der Waals surface area contributed by atoms with Crippen LogP contribution >= 0.6 is 0 Å². The number of fused-ring (bicyclic) bond motifs is 2. The van der Waals surface area contributed by atoms with Crippen molar-refractivity contribution < 1.29 is 9.83 Å². The Kier molecular flexibility index (Phi) is 6.37. The van der Waals surface area contributed by atoms with Crippen LogP contribution in [0.4, 0.5) is 0 Å². The average molecular weight is 454 g/mol. The van der Waals surface area contributed by atoms with Crippen molar-refractivity contribution >= 4 is 28.3 Å². The van der Waals surface area contributed by atoms with E-state index in [9.17, 15) is 14.9 Å². The van der Waals surface area contributed by atoms with Gasteiger partial charge in [0.25, 0.3) is 5.96 Å². The normalized spacial score (nSPS) is 21.3. The van der Waals surface area contributed by atoms with E-state index in [0.717, 1.165) is 6.42 Å². The zero-order valence-electron chi connectivity index (χ0n) is 19.2. The molecule has 3 atom stereocenters. The number of hydrogen-bond donors (Lipinski definition) is 3. The van der Waals surface area contributed by atoms with Crippen molar-refractivity contribution in [3.63, 3.8) is 0 Å². The second kappa shape index (κ2) is 9.22. The van der Waals surface area contributed by atoms with Crippen LogP contribution in [0, 0.1) is 16.0 Å². The zero-order chi connectivity index (χ0) is 23.7. The summed E-state index contributed by atoms with van der Waals surface area (Å²) in [5.74, 6) is -0.418. The lowest BCUT2D eigenvalue weighted by atomic mass is 9.80. The predicted molar refractivity (Wildman–Crippen MR) is 128 cm³/mol. The van der Waals surface area contributed by atoms with E-state index in [2.05, 4.69) is 64.3 Å². The lowest BCUT2D eigenvalue weighted by Crippen LogP contribution is -2.47. The lowest BCUT2D eigenvalue weighted by Gasteiger charge is -2.39. The van der Waals surface area contributed by atoms with E-state index in [4.69, 9.17) is 5.73 Å². The zero-order valence-corrected chi connectivity index (χ0v) is 19.2. The molecule has 4 rings (SSSR count). The van der Waals surface area contributed by atoms with Crippen LogP contribution in [0.25, 0.3) is 16.5 Å². The molecule has 0 fully saturated rings. The summed E-state index contributed by atoms with van der Waals surface area (Å²) in [6.45, 7) is 2.99. The summed E-state index contributed by atoms with van der Waals surface area (Å²) in [5, 5.41) is 14.0. The molecule has 0 saturated heterocycles. The van der Waals surface area contributed by atoms with E-state index in [0.29, 0.717) is 25.9 Å².